The maximum Gasteiger partial charge on any atom is 0.222 e. The molecule has 1 aliphatic rings. The Balaban J connectivity index is 2.00. The summed E-state index contributed by atoms with van der Waals surface area (Å²) in [5.41, 5.74) is 0. The zero-order valence-electron chi connectivity index (χ0n) is 9.91. The Labute approximate surface area is 97.0 Å². The van der Waals surface area contributed by atoms with Crippen LogP contribution in [0.1, 0.15) is 25.7 Å². The molecular formula is C12H21NO3. The van der Waals surface area contributed by atoms with E-state index in [4.69, 9.17) is 9.47 Å². The van der Waals surface area contributed by atoms with Crippen LogP contribution in [0, 0.1) is 0 Å². The molecule has 0 aromatic heterocycles. The van der Waals surface area contributed by atoms with E-state index in [9.17, 15) is 4.79 Å². The predicted octanol–water partition coefficient (Wildman–Crippen LogP) is 1.26. The highest BCUT2D eigenvalue weighted by Crippen LogP contribution is 2.10. The molecule has 0 fully saturated rings. The molecule has 0 bridgehead atoms. The SMILES string of the molecule is COCCOCCC(=O)NC1CC=CCC1. The van der Waals surface area contributed by atoms with E-state index in [0.717, 1.165) is 19.3 Å². The third kappa shape index (κ3) is 5.88. The highest BCUT2D eigenvalue weighted by molar-refractivity contribution is 5.76. The van der Waals surface area contributed by atoms with Gasteiger partial charge in [0, 0.05) is 19.6 Å². The summed E-state index contributed by atoms with van der Waals surface area (Å²) in [4.78, 5) is 11.5. The van der Waals surface area contributed by atoms with Gasteiger partial charge < -0.3 is 14.8 Å². The lowest BCUT2D eigenvalue weighted by Crippen LogP contribution is -2.35. The molecule has 1 unspecified atom stereocenters. The lowest BCUT2D eigenvalue weighted by molar-refractivity contribution is -0.123. The largest absolute Gasteiger partial charge is 0.382 e. The van der Waals surface area contributed by atoms with E-state index >= 15 is 0 Å². The van der Waals surface area contributed by atoms with Crippen molar-refractivity contribution in [2.45, 2.75) is 31.7 Å². The Morgan fingerprint density at radius 1 is 1.38 bits per heavy atom. The molecule has 1 rings (SSSR count). The summed E-state index contributed by atoms with van der Waals surface area (Å²) in [6.07, 6.45) is 7.79. The van der Waals surface area contributed by atoms with Crippen molar-refractivity contribution in [3.8, 4) is 0 Å². The van der Waals surface area contributed by atoms with Crippen molar-refractivity contribution in [3.05, 3.63) is 12.2 Å². The van der Waals surface area contributed by atoms with Gasteiger partial charge in [-0.05, 0) is 19.3 Å². The average Bonchev–Trinajstić information content (AvgIpc) is 2.30. The van der Waals surface area contributed by atoms with Crippen LogP contribution in [0.5, 0.6) is 0 Å². The lowest BCUT2D eigenvalue weighted by atomic mass is 10.0. The number of hydrogen-bond donors (Lipinski definition) is 1. The number of methoxy groups -OCH3 is 1. The molecule has 0 aliphatic heterocycles. The van der Waals surface area contributed by atoms with Crippen LogP contribution < -0.4 is 5.32 Å². The summed E-state index contributed by atoms with van der Waals surface area (Å²) in [5.74, 6) is 0.0812. The van der Waals surface area contributed by atoms with Crippen molar-refractivity contribution in [1.29, 1.82) is 0 Å². The van der Waals surface area contributed by atoms with Crippen molar-refractivity contribution < 1.29 is 14.3 Å². The quantitative estimate of drug-likeness (QED) is 0.526. The fourth-order valence-electron chi connectivity index (χ4n) is 1.63. The van der Waals surface area contributed by atoms with Crippen molar-refractivity contribution in [2.75, 3.05) is 26.9 Å². The molecule has 1 amide bonds. The van der Waals surface area contributed by atoms with Gasteiger partial charge in [0.15, 0.2) is 0 Å². The normalized spacial score (nSPS) is 19.7. The highest BCUT2D eigenvalue weighted by Gasteiger charge is 2.12. The predicted molar refractivity (Wildman–Crippen MR) is 62.2 cm³/mol. The van der Waals surface area contributed by atoms with E-state index in [1.807, 2.05) is 0 Å². The average molecular weight is 227 g/mol. The monoisotopic (exact) mass is 227 g/mol. The number of carbonyl (C=O) groups excluding carboxylic acids is 1. The van der Waals surface area contributed by atoms with Crippen molar-refractivity contribution in [2.24, 2.45) is 0 Å². The molecule has 1 atom stereocenters. The highest BCUT2D eigenvalue weighted by atomic mass is 16.5. The molecule has 4 heteroatoms. The van der Waals surface area contributed by atoms with E-state index < -0.39 is 0 Å². The Morgan fingerprint density at radius 2 is 2.25 bits per heavy atom. The first-order chi connectivity index (χ1) is 7.83. The van der Waals surface area contributed by atoms with Gasteiger partial charge in [0.05, 0.1) is 19.8 Å². The van der Waals surface area contributed by atoms with Crippen LogP contribution in [0.4, 0.5) is 0 Å². The second kappa shape index (κ2) is 8.30. The third-order valence-corrected chi connectivity index (χ3v) is 2.54. The maximum atomic E-state index is 11.5. The van der Waals surface area contributed by atoms with Gasteiger partial charge in [-0.15, -0.1) is 0 Å². The van der Waals surface area contributed by atoms with Crippen LogP contribution in [-0.4, -0.2) is 38.9 Å². The van der Waals surface area contributed by atoms with Crippen LogP contribution in [0.2, 0.25) is 0 Å². The van der Waals surface area contributed by atoms with Crippen LogP contribution >= 0.6 is 0 Å². The lowest BCUT2D eigenvalue weighted by Gasteiger charge is -2.19. The molecule has 16 heavy (non-hydrogen) atoms. The standard InChI is InChI=1S/C12H21NO3/c1-15-9-10-16-8-7-12(14)13-11-5-3-2-4-6-11/h2-3,11H,4-10H2,1H3,(H,13,14). The third-order valence-electron chi connectivity index (χ3n) is 2.54. The van der Waals surface area contributed by atoms with Crippen LogP contribution in [0.25, 0.3) is 0 Å². The Bertz CT molecular complexity index is 228. The summed E-state index contributed by atoms with van der Waals surface area (Å²) in [6, 6.07) is 0.316. The van der Waals surface area contributed by atoms with Crippen molar-refractivity contribution in [3.63, 3.8) is 0 Å². The topological polar surface area (TPSA) is 47.6 Å². The number of nitrogens with one attached hydrogen (secondary N) is 1. The molecule has 92 valence electrons. The zero-order chi connectivity index (χ0) is 11.6. The van der Waals surface area contributed by atoms with Gasteiger partial charge >= 0.3 is 0 Å². The molecule has 4 nitrogen and oxygen atoms in total. The molecule has 0 heterocycles. The molecular weight excluding hydrogens is 206 g/mol. The number of amides is 1. The summed E-state index contributed by atoms with van der Waals surface area (Å²) >= 11 is 0. The van der Waals surface area contributed by atoms with Crippen LogP contribution in [0.15, 0.2) is 12.2 Å². The summed E-state index contributed by atoms with van der Waals surface area (Å²) in [6.45, 7) is 1.60. The van der Waals surface area contributed by atoms with Gasteiger partial charge in [-0.1, -0.05) is 12.2 Å². The first-order valence-corrected chi connectivity index (χ1v) is 5.84. The molecule has 0 saturated heterocycles. The number of ether oxygens (including phenoxy) is 2. The zero-order valence-corrected chi connectivity index (χ0v) is 9.91. The van der Waals surface area contributed by atoms with Crippen LogP contribution in [0.3, 0.4) is 0 Å². The second-order valence-electron chi connectivity index (χ2n) is 3.90. The number of carbonyl (C=O) groups is 1. The fourth-order valence-corrected chi connectivity index (χ4v) is 1.63. The van der Waals surface area contributed by atoms with E-state index in [2.05, 4.69) is 17.5 Å². The van der Waals surface area contributed by atoms with Crippen molar-refractivity contribution in [1.82, 2.24) is 5.32 Å². The summed E-state index contributed by atoms with van der Waals surface area (Å²) in [7, 11) is 1.63. The second-order valence-corrected chi connectivity index (χ2v) is 3.90. The molecule has 0 saturated carbocycles. The van der Waals surface area contributed by atoms with E-state index in [1.165, 1.54) is 0 Å². The molecule has 1 aliphatic carbocycles. The first kappa shape index (κ1) is 13.2. The molecule has 1 N–H and O–H groups in total. The summed E-state index contributed by atoms with van der Waals surface area (Å²) < 4.78 is 10.1. The molecule has 0 radical (unpaired) electrons. The van der Waals surface area contributed by atoms with E-state index in [0.29, 0.717) is 32.3 Å². The maximum absolute atomic E-state index is 11.5. The minimum Gasteiger partial charge on any atom is -0.382 e. The first-order valence-electron chi connectivity index (χ1n) is 5.84. The Hall–Kier alpha value is -0.870. The van der Waals surface area contributed by atoms with Gasteiger partial charge in [-0.25, -0.2) is 0 Å². The Kier molecular flexibility index (Phi) is 6.85. The molecule has 0 aromatic rings. The van der Waals surface area contributed by atoms with Gasteiger partial charge in [-0.2, -0.15) is 0 Å². The number of hydrogen-bond acceptors (Lipinski definition) is 3. The summed E-state index contributed by atoms with van der Waals surface area (Å²) in [5, 5.41) is 3.01. The van der Waals surface area contributed by atoms with E-state index in [-0.39, 0.29) is 5.91 Å². The van der Waals surface area contributed by atoms with Gasteiger partial charge in [0.25, 0.3) is 0 Å². The molecule has 0 spiro atoms. The minimum atomic E-state index is 0.0812. The van der Waals surface area contributed by atoms with Gasteiger partial charge in [0.2, 0.25) is 5.91 Å². The van der Waals surface area contributed by atoms with E-state index in [1.54, 1.807) is 7.11 Å². The van der Waals surface area contributed by atoms with Gasteiger partial charge in [-0.3, -0.25) is 4.79 Å². The number of rotatable bonds is 7. The number of allylic oxidation sites excluding steroid dienone is 1. The smallest absolute Gasteiger partial charge is 0.222 e. The minimum absolute atomic E-state index is 0.0812. The fraction of sp³-hybridized carbons (Fsp3) is 0.750. The Morgan fingerprint density at radius 3 is 2.94 bits per heavy atom. The molecule has 0 aromatic carbocycles. The van der Waals surface area contributed by atoms with Crippen LogP contribution in [-0.2, 0) is 14.3 Å². The van der Waals surface area contributed by atoms with Gasteiger partial charge in [0.1, 0.15) is 0 Å². The van der Waals surface area contributed by atoms with Crippen molar-refractivity contribution >= 4 is 5.91 Å².